The molecular weight excluding hydrogens is 488 g/mol. The molecule has 1 aliphatic carbocycles. The van der Waals surface area contributed by atoms with Crippen LogP contribution in [0.15, 0.2) is 60.9 Å². The van der Waals surface area contributed by atoms with E-state index in [9.17, 15) is 45.3 Å². The molecule has 1 fully saturated rings. The molecule has 196 valence electrons. The maximum absolute atomic E-state index is 12.4. The van der Waals surface area contributed by atoms with Crippen molar-refractivity contribution in [2.45, 2.75) is 36.8 Å². The number of hydrogen-bond donors (Lipinski definition) is 7. The quantitative estimate of drug-likeness (QED) is 0.0895. The number of carbonyl (C=O) groups is 2. The van der Waals surface area contributed by atoms with Crippen LogP contribution in [0.5, 0.6) is 23.0 Å². The maximum atomic E-state index is 12.4. The van der Waals surface area contributed by atoms with Gasteiger partial charge in [-0.3, -0.25) is 0 Å². The van der Waals surface area contributed by atoms with E-state index in [1.54, 1.807) is 0 Å². The van der Waals surface area contributed by atoms with Crippen molar-refractivity contribution in [1.82, 2.24) is 0 Å². The molecule has 1 saturated carbocycles. The number of phenols is 4. The Morgan fingerprint density at radius 3 is 1.92 bits per heavy atom. The van der Waals surface area contributed by atoms with Crippen LogP contribution in [0.3, 0.4) is 0 Å². The fraction of sp³-hybridized carbons (Fsp3) is 0.231. The van der Waals surface area contributed by atoms with E-state index in [0.717, 1.165) is 6.08 Å². The van der Waals surface area contributed by atoms with E-state index < -0.39 is 54.4 Å². The molecule has 1 aliphatic rings. The number of ether oxygens (including phenoxy) is 2. The second kappa shape index (κ2) is 11.1. The van der Waals surface area contributed by atoms with E-state index in [1.165, 1.54) is 54.6 Å². The van der Waals surface area contributed by atoms with Crippen molar-refractivity contribution in [3.8, 4) is 23.0 Å². The zero-order chi connectivity index (χ0) is 27.3. The van der Waals surface area contributed by atoms with E-state index >= 15 is 0 Å². The van der Waals surface area contributed by atoms with Gasteiger partial charge in [-0.05, 0) is 47.5 Å². The fourth-order valence-electron chi connectivity index (χ4n) is 3.73. The molecule has 0 aliphatic heterocycles. The SMILES string of the molecule is C=C(/C=C/c1ccc(O)c(O)c1)O[C@@H]1C[C@](O)(C(=O)O)C[C@@H](O)[C@H]1OC(=O)/C=C/c1ccc(O)c(O)c1. The van der Waals surface area contributed by atoms with Crippen LogP contribution in [0.1, 0.15) is 24.0 Å². The molecule has 0 heterocycles. The third-order valence-corrected chi connectivity index (χ3v) is 5.66. The number of phenolic OH excluding ortho intramolecular Hbond substituents is 4. The average Bonchev–Trinajstić information content (AvgIpc) is 2.82. The minimum absolute atomic E-state index is 0.0319. The Morgan fingerprint density at radius 2 is 1.41 bits per heavy atom. The topological polar surface area (TPSA) is 194 Å². The van der Waals surface area contributed by atoms with Crippen molar-refractivity contribution >= 4 is 24.1 Å². The molecule has 0 amide bonds. The normalized spacial score (nSPS) is 23.7. The Labute approximate surface area is 211 Å². The van der Waals surface area contributed by atoms with Gasteiger partial charge in [0, 0.05) is 18.9 Å². The molecule has 11 heteroatoms. The van der Waals surface area contributed by atoms with Crippen molar-refractivity contribution in [2.24, 2.45) is 0 Å². The van der Waals surface area contributed by atoms with Gasteiger partial charge in [-0.2, -0.15) is 0 Å². The monoisotopic (exact) mass is 514 g/mol. The molecule has 0 saturated heterocycles. The van der Waals surface area contributed by atoms with Gasteiger partial charge in [-0.1, -0.05) is 24.8 Å². The number of carbonyl (C=O) groups excluding carboxylic acids is 1. The van der Waals surface area contributed by atoms with Crippen LogP contribution in [-0.2, 0) is 19.1 Å². The highest BCUT2D eigenvalue weighted by molar-refractivity contribution is 5.87. The number of allylic oxidation sites excluding steroid dienone is 1. The molecule has 7 N–H and O–H groups in total. The number of benzene rings is 2. The average molecular weight is 514 g/mol. The predicted octanol–water partition coefficient (Wildman–Crippen LogP) is 2.02. The van der Waals surface area contributed by atoms with Gasteiger partial charge in [-0.15, -0.1) is 0 Å². The van der Waals surface area contributed by atoms with Crippen LogP contribution in [0.4, 0.5) is 0 Å². The molecule has 0 unspecified atom stereocenters. The minimum atomic E-state index is -2.35. The second-order valence-corrected chi connectivity index (χ2v) is 8.50. The first-order valence-corrected chi connectivity index (χ1v) is 11.0. The van der Waals surface area contributed by atoms with Crippen LogP contribution < -0.4 is 0 Å². The lowest BCUT2D eigenvalue weighted by Crippen LogP contribution is -2.57. The number of carboxylic acid groups (broad SMARTS) is 1. The summed E-state index contributed by atoms with van der Waals surface area (Å²) in [5.41, 5.74) is -1.51. The predicted molar refractivity (Wildman–Crippen MR) is 129 cm³/mol. The van der Waals surface area contributed by atoms with E-state index in [4.69, 9.17) is 9.47 Å². The first kappa shape index (κ1) is 27.1. The van der Waals surface area contributed by atoms with Gasteiger partial charge in [0.2, 0.25) is 0 Å². The van der Waals surface area contributed by atoms with Crippen molar-refractivity contribution in [2.75, 3.05) is 0 Å². The van der Waals surface area contributed by atoms with Gasteiger partial charge in [0.05, 0.1) is 6.10 Å². The standard InChI is InChI=1S/C26H26O11/c1-14(2-3-15-4-7-17(27)19(29)10-15)36-22-13-26(35,25(33)34)12-21(31)24(22)37-23(32)9-6-16-5-8-18(28)20(30)11-16/h2-11,21-22,24,27-31,35H,1,12-13H2,(H,33,34)/b3-2+,9-6+/t21-,22-,24-,26+/m1/s1. The minimum Gasteiger partial charge on any atom is -0.504 e. The summed E-state index contributed by atoms with van der Waals surface area (Å²) in [6.45, 7) is 3.70. The highest BCUT2D eigenvalue weighted by Gasteiger charge is 2.52. The molecule has 0 radical (unpaired) electrons. The highest BCUT2D eigenvalue weighted by Crippen LogP contribution is 2.34. The Kier molecular flexibility index (Phi) is 8.11. The molecule has 2 aromatic rings. The number of aliphatic hydroxyl groups is 2. The molecule has 0 aromatic heterocycles. The molecule has 4 atom stereocenters. The van der Waals surface area contributed by atoms with Crippen molar-refractivity contribution < 1.29 is 54.8 Å². The van der Waals surface area contributed by atoms with E-state index in [-0.39, 0.29) is 23.0 Å². The van der Waals surface area contributed by atoms with Crippen molar-refractivity contribution in [1.29, 1.82) is 0 Å². The van der Waals surface area contributed by atoms with Gasteiger partial charge >= 0.3 is 11.9 Å². The summed E-state index contributed by atoms with van der Waals surface area (Å²) in [6, 6.07) is 7.90. The molecule has 0 bridgehead atoms. The number of aliphatic hydroxyl groups excluding tert-OH is 1. The second-order valence-electron chi connectivity index (χ2n) is 8.50. The Hall–Kier alpha value is -4.48. The molecular formula is C26H26O11. The summed E-state index contributed by atoms with van der Waals surface area (Å²) >= 11 is 0. The zero-order valence-corrected chi connectivity index (χ0v) is 19.4. The molecule has 0 spiro atoms. The van der Waals surface area contributed by atoms with Crippen LogP contribution >= 0.6 is 0 Å². The number of esters is 1. The Balaban J connectivity index is 1.75. The van der Waals surface area contributed by atoms with Crippen LogP contribution in [0, 0.1) is 0 Å². The van der Waals surface area contributed by atoms with Gasteiger partial charge in [-0.25, -0.2) is 9.59 Å². The molecule has 37 heavy (non-hydrogen) atoms. The molecule has 2 aromatic carbocycles. The number of rotatable bonds is 8. The first-order chi connectivity index (χ1) is 17.4. The fourth-order valence-corrected chi connectivity index (χ4v) is 3.73. The highest BCUT2D eigenvalue weighted by atomic mass is 16.6. The van der Waals surface area contributed by atoms with Crippen LogP contribution in [0.25, 0.3) is 12.2 Å². The Bertz CT molecular complexity index is 1250. The van der Waals surface area contributed by atoms with Gasteiger partial charge < -0.3 is 45.2 Å². The number of aromatic hydroxyl groups is 4. The lowest BCUT2D eigenvalue weighted by atomic mass is 9.79. The van der Waals surface area contributed by atoms with Crippen LogP contribution in [-0.4, -0.2) is 71.6 Å². The largest absolute Gasteiger partial charge is 0.504 e. The third-order valence-electron chi connectivity index (χ3n) is 5.66. The van der Waals surface area contributed by atoms with E-state index in [1.807, 2.05) is 0 Å². The van der Waals surface area contributed by atoms with Gasteiger partial charge in [0.25, 0.3) is 0 Å². The summed E-state index contributed by atoms with van der Waals surface area (Å²) in [5, 5.41) is 68.4. The van der Waals surface area contributed by atoms with Crippen molar-refractivity contribution in [3.63, 3.8) is 0 Å². The number of aliphatic carboxylic acids is 1. The first-order valence-electron chi connectivity index (χ1n) is 11.0. The van der Waals surface area contributed by atoms with E-state index in [0.29, 0.717) is 11.1 Å². The number of hydrogen-bond acceptors (Lipinski definition) is 10. The lowest BCUT2D eigenvalue weighted by molar-refractivity contribution is -0.198. The summed E-state index contributed by atoms with van der Waals surface area (Å²) in [6.07, 6.45) is -0.290. The lowest BCUT2D eigenvalue weighted by Gasteiger charge is -2.41. The Morgan fingerprint density at radius 1 is 0.865 bits per heavy atom. The van der Waals surface area contributed by atoms with Crippen LogP contribution in [0.2, 0.25) is 0 Å². The summed E-state index contributed by atoms with van der Waals surface area (Å²) in [7, 11) is 0. The summed E-state index contributed by atoms with van der Waals surface area (Å²) < 4.78 is 11.0. The smallest absolute Gasteiger partial charge is 0.335 e. The zero-order valence-electron chi connectivity index (χ0n) is 19.4. The number of carboxylic acids is 1. The summed E-state index contributed by atoms with van der Waals surface area (Å²) in [4.78, 5) is 24.0. The molecule has 3 rings (SSSR count). The summed E-state index contributed by atoms with van der Waals surface area (Å²) in [5.74, 6) is -3.93. The van der Waals surface area contributed by atoms with E-state index in [2.05, 4.69) is 6.58 Å². The van der Waals surface area contributed by atoms with Crippen molar-refractivity contribution in [3.05, 3.63) is 72.0 Å². The molecule has 11 nitrogen and oxygen atoms in total. The van der Waals surface area contributed by atoms with Gasteiger partial charge in [0.15, 0.2) is 34.7 Å². The van der Waals surface area contributed by atoms with Gasteiger partial charge in [0.1, 0.15) is 11.9 Å². The maximum Gasteiger partial charge on any atom is 0.335 e. The third kappa shape index (κ3) is 6.81.